The molecule has 0 saturated heterocycles. The zero-order chi connectivity index (χ0) is 17.1. The summed E-state index contributed by atoms with van der Waals surface area (Å²) in [7, 11) is 0. The highest BCUT2D eigenvalue weighted by Crippen LogP contribution is 2.23. The van der Waals surface area contributed by atoms with Crippen LogP contribution in [0.3, 0.4) is 0 Å². The number of rotatable bonds is 4. The summed E-state index contributed by atoms with van der Waals surface area (Å²) in [5.74, 6) is -0.271. The molecule has 0 aliphatic heterocycles. The molecule has 0 N–H and O–H groups in total. The normalized spacial score (nSPS) is 11.3. The third-order valence-corrected chi connectivity index (χ3v) is 4.24. The summed E-state index contributed by atoms with van der Waals surface area (Å²) in [4.78, 5) is 4.41. The van der Waals surface area contributed by atoms with E-state index in [1.807, 2.05) is 6.21 Å². The van der Waals surface area contributed by atoms with Gasteiger partial charge in [-0.3, -0.25) is 4.99 Å². The lowest BCUT2D eigenvalue weighted by molar-refractivity contribution is 0.628. The van der Waals surface area contributed by atoms with Crippen LogP contribution in [0.25, 0.3) is 5.69 Å². The molecule has 0 fully saturated rings. The molecular formula is C21H21FN2. The molecule has 3 rings (SSSR count). The molecule has 1 aromatic heterocycles. The Morgan fingerprint density at radius 2 is 1.83 bits per heavy atom. The molecule has 0 bridgehead atoms. The van der Waals surface area contributed by atoms with E-state index in [-0.39, 0.29) is 5.82 Å². The maximum Gasteiger partial charge on any atom is 0.125 e. The zero-order valence-corrected chi connectivity index (χ0v) is 14.3. The van der Waals surface area contributed by atoms with Crippen LogP contribution in [0.2, 0.25) is 0 Å². The Kier molecular flexibility index (Phi) is 4.61. The van der Waals surface area contributed by atoms with Crippen molar-refractivity contribution in [2.45, 2.75) is 27.2 Å². The molecule has 2 aromatic carbocycles. The highest BCUT2D eigenvalue weighted by Gasteiger charge is 2.11. The first kappa shape index (κ1) is 16.2. The van der Waals surface area contributed by atoms with Gasteiger partial charge in [-0.2, -0.15) is 0 Å². The van der Waals surface area contributed by atoms with Gasteiger partial charge in [-0.25, -0.2) is 4.39 Å². The van der Waals surface area contributed by atoms with Crippen molar-refractivity contribution in [3.05, 3.63) is 82.9 Å². The molecule has 0 amide bonds. The average Bonchev–Trinajstić information content (AvgIpc) is 2.87. The first-order valence-corrected chi connectivity index (χ1v) is 8.17. The van der Waals surface area contributed by atoms with Crippen molar-refractivity contribution in [1.29, 1.82) is 0 Å². The van der Waals surface area contributed by atoms with Gasteiger partial charge in [0.1, 0.15) is 5.82 Å². The fourth-order valence-electron chi connectivity index (χ4n) is 3.02. The van der Waals surface area contributed by atoms with Crippen LogP contribution < -0.4 is 0 Å². The molecule has 3 heteroatoms. The summed E-state index contributed by atoms with van der Waals surface area (Å²) >= 11 is 0. The second-order valence-corrected chi connectivity index (χ2v) is 5.88. The number of aromatic nitrogens is 1. The lowest BCUT2D eigenvalue weighted by Crippen LogP contribution is -2.03. The second-order valence-electron chi connectivity index (χ2n) is 5.88. The monoisotopic (exact) mass is 320 g/mol. The van der Waals surface area contributed by atoms with Crippen molar-refractivity contribution >= 4 is 11.9 Å². The standard InChI is InChI=1S/C21H21FN2/c1-4-17-8-5-6-11-21(17)24-15(2)12-18(16(24)3)14-23-20-10-7-9-19(22)13-20/h5-14H,4H2,1-3H3. The van der Waals surface area contributed by atoms with Gasteiger partial charge in [-0.1, -0.05) is 31.2 Å². The van der Waals surface area contributed by atoms with Crippen molar-refractivity contribution in [3.63, 3.8) is 0 Å². The molecule has 0 saturated carbocycles. The second kappa shape index (κ2) is 6.83. The SMILES string of the molecule is CCc1ccccc1-n1c(C)cc(C=Nc2cccc(F)c2)c1C. The largest absolute Gasteiger partial charge is 0.318 e. The van der Waals surface area contributed by atoms with E-state index in [2.05, 4.69) is 60.7 Å². The molecule has 0 radical (unpaired) electrons. The summed E-state index contributed by atoms with van der Waals surface area (Å²) in [5, 5.41) is 0. The van der Waals surface area contributed by atoms with Gasteiger partial charge < -0.3 is 4.57 Å². The van der Waals surface area contributed by atoms with E-state index >= 15 is 0 Å². The van der Waals surface area contributed by atoms with Gasteiger partial charge in [0.15, 0.2) is 0 Å². The Morgan fingerprint density at radius 1 is 1.04 bits per heavy atom. The fraction of sp³-hybridized carbons (Fsp3) is 0.190. The van der Waals surface area contributed by atoms with E-state index in [0.29, 0.717) is 5.69 Å². The maximum atomic E-state index is 13.3. The van der Waals surface area contributed by atoms with Crippen molar-refractivity contribution < 1.29 is 4.39 Å². The van der Waals surface area contributed by atoms with E-state index in [0.717, 1.165) is 23.4 Å². The number of benzene rings is 2. The highest BCUT2D eigenvalue weighted by atomic mass is 19.1. The molecule has 122 valence electrons. The predicted molar refractivity (Wildman–Crippen MR) is 98.3 cm³/mol. The Bertz CT molecular complexity index is 891. The average molecular weight is 320 g/mol. The molecule has 3 aromatic rings. The number of halogens is 1. The summed E-state index contributed by atoms with van der Waals surface area (Å²) < 4.78 is 15.5. The van der Waals surface area contributed by atoms with Gasteiger partial charge in [0.2, 0.25) is 0 Å². The maximum absolute atomic E-state index is 13.3. The van der Waals surface area contributed by atoms with Gasteiger partial charge >= 0.3 is 0 Å². The van der Waals surface area contributed by atoms with Crippen LogP contribution in [0.15, 0.2) is 59.6 Å². The third-order valence-electron chi connectivity index (χ3n) is 4.24. The number of aliphatic imine (C=N–C) groups is 1. The van der Waals surface area contributed by atoms with E-state index < -0.39 is 0 Å². The van der Waals surface area contributed by atoms with Crippen molar-refractivity contribution in [2.24, 2.45) is 4.99 Å². The molecule has 0 atom stereocenters. The number of hydrogen-bond acceptors (Lipinski definition) is 1. The predicted octanol–water partition coefficient (Wildman–Crippen LogP) is 5.55. The zero-order valence-electron chi connectivity index (χ0n) is 14.3. The van der Waals surface area contributed by atoms with Crippen LogP contribution >= 0.6 is 0 Å². The van der Waals surface area contributed by atoms with Gasteiger partial charge in [0.05, 0.1) is 5.69 Å². The van der Waals surface area contributed by atoms with Gasteiger partial charge in [-0.05, 0) is 56.2 Å². The lowest BCUT2D eigenvalue weighted by Gasteiger charge is -2.13. The van der Waals surface area contributed by atoms with Crippen molar-refractivity contribution in [3.8, 4) is 5.69 Å². The van der Waals surface area contributed by atoms with Crippen molar-refractivity contribution in [2.75, 3.05) is 0 Å². The van der Waals surface area contributed by atoms with Crippen LogP contribution in [0, 0.1) is 19.7 Å². The van der Waals surface area contributed by atoms with E-state index in [4.69, 9.17) is 0 Å². The van der Waals surface area contributed by atoms with Crippen molar-refractivity contribution in [1.82, 2.24) is 4.57 Å². The lowest BCUT2D eigenvalue weighted by atomic mass is 10.1. The smallest absolute Gasteiger partial charge is 0.125 e. The van der Waals surface area contributed by atoms with E-state index in [9.17, 15) is 4.39 Å². The fourth-order valence-corrected chi connectivity index (χ4v) is 3.02. The van der Waals surface area contributed by atoms with Gasteiger partial charge in [0, 0.05) is 28.9 Å². The Balaban J connectivity index is 2.01. The highest BCUT2D eigenvalue weighted by molar-refractivity contribution is 5.84. The molecule has 0 aliphatic rings. The van der Waals surface area contributed by atoms with Gasteiger partial charge in [-0.15, -0.1) is 0 Å². The summed E-state index contributed by atoms with van der Waals surface area (Å²) in [5.41, 5.74) is 6.48. The molecule has 2 nitrogen and oxygen atoms in total. The molecule has 1 heterocycles. The van der Waals surface area contributed by atoms with Crippen LogP contribution in [-0.4, -0.2) is 10.8 Å². The number of para-hydroxylation sites is 1. The number of hydrogen-bond donors (Lipinski definition) is 0. The number of aryl methyl sites for hydroxylation is 2. The minimum atomic E-state index is -0.271. The Morgan fingerprint density at radius 3 is 2.58 bits per heavy atom. The molecular weight excluding hydrogens is 299 g/mol. The molecule has 0 spiro atoms. The number of nitrogens with zero attached hydrogens (tertiary/aromatic N) is 2. The van der Waals surface area contributed by atoms with Crippen LogP contribution in [0.1, 0.15) is 29.4 Å². The Labute approximate surface area is 142 Å². The molecule has 0 unspecified atom stereocenters. The summed E-state index contributed by atoms with van der Waals surface area (Å²) in [6.45, 7) is 6.35. The Hall–Kier alpha value is -2.68. The molecule has 24 heavy (non-hydrogen) atoms. The topological polar surface area (TPSA) is 17.3 Å². The third kappa shape index (κ3) is 3.16. The van der Waals surface area contributed by atoms with E-state index in [1.165, 1.54) is 23.4 Å². The minimum Gasteiger partial charge on any atom is -0.318 e. The molecule has 0 aliphatic carbocycles. The first-order chi connectivity index (χ1) is 11.6. The van der Waals surface area contributed by atoms with Gasteiger partial charge in [0.25, 0.3) is 0 Å². The van der Waals surface area contributed by atoms with Crippen LogP contribution in [-0.2, 0) is 6.42 Å². The quantitative estimate of drug-likeness (QED) is 0.561. The first-order valence-electron chi connectivity index (χ1n) is 8.17. The summed E-state index contributed by atoms with van der Waals surface area (Å²) in [6, 6.07) is 16.9. The van der Waals surface area contributed by atoms with Crippen LogP contribution in [0.4, 0.5) is 10.1 Å². The van der Waals surface area contributed by atoms with E-state index in [1.54, 1.807) is 12.1 Å². The summed E-state index contributed by atoms with van der Waals surface area (Å²) in [6.07, 6.45) is 2.79. The van der Waals surface area contributed by atoms with Crippen LogP contribution in [0.5, 0.6) is 0 Å². The minimum absolute atomic E-state index is 0.271.